The van der Waals surface area contributed by atoms with Gasteiger partial charge in [0.1, 0.15) is 5.75 Å². The first-order valence-electron chi connectivity index (χ1n) is 8.11. The molecule has 0 unspecified atom stereocenters. The number of hydrogen-bond acceptors (Lipinski definition) is 5. The predicted molar refractivity (Wildman–Crippen MR) is 109 cm³/mol. The number of hydrogen-bond donors (Lipinski definition) is 0. The number of nitrogens with zero attached hydrogens (tertiary/aromatic N) is 3. The van der Waals surface area contributed by atoms with Crippen molar-refractivity contribution in [1.82, 2.24) is 14.6 Å². The molecular weight excluding hydrogens is 382 g/mol. The Bertz CT molecular complexity index is 1230. The molecule has 7 heteroatoms. The van der Waals surface area contributed by atoms with E-state index in [0.717, 1.165) is 16.9 Å². The van der Waals surface area contributed by atoms with Gasteiger partial charge in [0, 0.05) is 5.02 Å². The number of halogens is 1. The molecule has 0 fully saturated rings. The van der Waals surface area contributed by atoms with Crippen LogP contribution in [0.4, 0.5) is 0 Å². The summed E-state index contributed by atoms with van der Waals surface area (Å²) in [6.45, 7) is 0. The van der Waals surface area contributed by atoms with Gasteiger partial charge in [-0.05, 0) is 47.5 Å². The SMILES string of the molecule is COc1ccc(/C=c2/sc3nc(/C=C/c4ccc(Cl)cc4)nn3c2=O)cc1. The van der Waals surface area contributed by atoms with E-state index in [1.807, 2.05) is 60.7 Å². The summed E-state index contributed by atoms with van der Waals surface area (Å²) < 4.78 is 7.06. The molecule has 0 atom stereocenters. The standard InChI is InChI=1S/C20H14ClN3O2S/c1-26-16-9-4-14(5-10-16)12-17-19(25)24-20(27-17)22-18(23-24)11-6-13-2-7-15(21)8-3-13/h2-12H,1H3/b11-6+,17-12+. The lowest BCUT2D eigenvalue weighted by Crippen LogP contribution is -2.23. The van der Waals surface area contributed by atoms with Gasteiger partial charge in [-0.1, -0.05) is 53.3 Å². The van der Waals surface area contributed by atoms with Crippen LogP contribution in [-0.4, -0.2) is 21.7 Å². The molecule has 0 saturated heterocycles. The van der Waals surface area contributed by atoms with Gasteiger partial charge in [-0.3, -0.25) is 4.79 Å². The number of fused-ring (bicyclic) bond motifs is 1. The second-order valence-corrected chi connectivity index (χ2v) is 7.18. The van der Waals surface area contributed by atoms with Gasteiger partial charge in [0.2, 0.25) is 4.96 Å². The summed E-state index contributed by atoms with van der Waals surface area (Å²) in [5.41, 5.74) is 1.72. The second kappa shape index (κ2) is 7.34. The summed E-state index contributed by atoms with van der Waals surface area (Å²) in [5, 5.41) is 4.97. The number of benzene rings is 2. The molecule has 2 heterocycles. The maximum atomic E-state index is 12.6. The lowest BCUT2D eigenvalue weighted by molar-refractivity contribution is 0.415. The monoisotopic (exact) mass is 395 g/mol. The van der Waals surface area contributed by atoms with Gasteiger partial charge in [0.05, 0.1) is 11.6 Å². The minimum absolute atomic E-state index is 0.176. The molecule has 0 saturated carbocycles. The number of rotatable bonds is 4. The van der Waals surface area contributed by atoms with E-state index >= 15 is 0 Å². The molecule has 0 radical (unpaired) electrons. The molecule has 2 aromatic carbocycles. The van der Waals surface area contributed by atoms with Crippen LogP contribution >= 0.6 is 22.9 Å². The zero-order valence-electron chi connectivity index (χ0n) is 14.3. The van der Waals surface area contributed by atoms with Crippen molar-refractivity contribution in [2.75, 3.05) is 7.11 Å². The van der Waals surface area contributed by atoms with Crippen molar-refractivity contribution in [2.24, 2.45) is 0 Å². The summed E-state index contributed by atoms with van der Waals surface area (Å²) in [7, 11) is 1.62. The van der Waals surface area contributed by atoms with Crippen molar-refractivity contribution in [3.05, 3.63) is 85.4 Å². The summed E-state index contributed by atoms with van der Waals surface area (Å²) in [5.74, 6) is 1.26. The van der Waals surface area contributed by atoms with Gasteiger partial charge < -0.3 is 4.74 Å². The van der Waals surface area contributed by atoms with Crippen LogP contribution in [0.25, 0.3) is 23.2 Å². The van der Waals surface area contributed by atoms with Crippen LogP contribution in [0.5, 0.6) is 5.75 Å². The molecule has 4 aromatic rings. The zero-order valence-corrected chi connectivity index (χ0v) is 15.9. The Morgan fingerprint density at radius 1 is 1.04 bits per heavy atom. The Labute approximate surface area is 163 Å². The Morgan fingerprint density at radius 3 is 2.41 bits per heavy atom. The lowest BCUT2D eigenvalue weighted by Gasteiger charge is -1.98. The molecule has 27 heavy (non-hydrogen) atoms. The highest BCUT2D eigenvalue weighted by Crippen LogP contribution is 2.13. The topological polar surface area (TPSA) is 56.5 Å². The Kier molecular flexibility index (Phi) is 4.75. The van der Waals surface area contributed by atoms with E-state index in [2.05, 4.69) is 10.1 Å². The highest BCUT2D eigenvalue weighted by molar-refractivity contribution is 7.15. The van der Waals surface area contributed by atoms with E-state index in [-0.39, 0.29) is 5.56 Å². The Morgan fingerprint density at radius 2 is 1.74 bits per heavy atom. The first-order valence-corrected chi connectivity index (χ1v) is 9.31. The van der Waals surface area contributed by atoms with Gasteiger partial charge in [-0.2, -0.15) is 9.50 Å². The Hall–Kier alpha value is -2.96. The van der Waals surface area contributed by atoms with E-state index in [4.69, 9.17) is 16.3 Å². The second-order valence-electron chi connectivity index (χ2n) is 5.74. The average Bonchev–Trinajstić information content (AvgIpc) is 3.21. The molecule has 0 amide bonds. The van der Waals surface area contributed by atoms with Crippen LogP contribution < -0.4 is 14.8 Å². The maximum Gasteiger partial charge on any atom is 0.291 e. The number of ether oxygens (including phenoxy) is 1. The fourth-order valence-corrected chi connectivity index (χ4v) is 3.56. The first kappa shape index (κ1) is 17.5. The normalized spacial score (nSPS) is 12.3. The predicted octanol–water partition coefficient (Wildman–Crippen LogP) is 3.53. The minimum atomic E-state index is -0.176. The van der Waals surface area contributed by atoms with Gasteiger partial charge in [0.25, 0.3) is 5.56 Å². The van der Waals surface area contributed by atoms with Gasteiger partial charge in [-0.15, -0.1) is 5.10 Å². The van der Waals surface area contributed by atoms with E-state index in [1.165, 1.54) is 15.9 Å². The summed E-state index contributed by atoms with van der Waals surface area (Å²) in [6.07, 6.45) is 5.48. The molecule has 2 aromatic heterocycles. The average molecular weight is 396 g/mol. The molecule has 4 rings (SSSR count). The highest BCUT2D eigenvalue weighted by atomic mass is 35.5. The maximum absolute atomic E-state index is 12.6. The molecule has 134 valence electrons. The van der Waals surface area contributed by atoms with Crippen LogP contribution in [0, 0.1) is 0 Å². The molecule has 5 nitrogen and oxygen atoms in total. The van der Waals surface area contributed by atoms with Crippen LogP contribution in [0.2, 0.25) is 5.02 Å². The fourth-order valence-electron chi connectivity index (χ4n) is 2.52. The van der Waals surface area contributed by atoms with E-state index in [0.29, 0.717) is 20.3 Å². The molecule has 0 aliphatic heterocycles. The lowest BCUT2D eigenvalue weighted by atomic mass is 10.2. The third kappa shape index (κ3) is 3.77. The summed E-state index contributed by atoms with van der Waals surface area (Å²) in [6, 6.07) is 14.9. The van der Waals surface area contributed by atoms with Crippen LogP contribution in [0.15, 0.2) is 53.3 Å². The molecule has 0 N–H and O–H groups in total. The van der Waals surface area contributed by atoms with E-state index in [9.17, 15) is 4.79 Å². The quantitative estimate of drug-likeness (QED) is 0.530. The number of methoxy groups -OCH3 is 1. The minimum Gasteiger partial charge on any atom is -0.497 e. The highest BCUT2D eigenvalue weighted by Gasteiger charge is 2.08. The van der Waals surface area contributed by atoms with Crippen molar-refractivity contribution in [2.45, 2.75) is 0 Å². The van der Waals surface area contributed by atoms with Crippen LogP contribution in [-0.2, 0) is 0 Å². The largest absolute Gasteiger partial charge is 0.497 e. The molecular formula is C20H14ClN3O2S. The third-order valence-electron chi connectivity index (χ3n) is 3.91. The van der Waals surface area contributed by atoms with Crippen molar-refractivity contribution in [3.8, 4) is 5.75 Å². The summed E-state index contributed by atoms with van der Waals surface area (Å²) >= 11 is 7.19. The van der Waals surface area contributed by atoms with Crippen molar-refractivity contribution < 1.29 is 4.74 Å². The van der Waals surface area contributed by atoms with Gasteiger partial charge in [-0.25, -0.2) is 0 Å². The Balaban J connectivity index is 1.64. The number of aromatic nitrogens is 3. The molecule has 0 spiro atoms. The van der Waals surface area contributed by atoms with E-state index in [1.54, 1.807) is 13.2 Å². The van der Waals surface area contributed by atoms with E-state index < -0.39 is 0 Å². The van der Waals surface area contributed by atoms with Gasteiger partial charge >= 0.3 is 0 Å². The van der Waals surface area contributed by atoms with Crippen molar-refractivity contribution >= 4 is 46.1 Å². The van der Waals surface area contributed by atoms with Crippen LogP contribution in [0.3, 0.4) is 0 Å². The van der Waals surface area contributed by atoms with Crippen molar-refractivity contribution in [3.63, 3.8) is 0 Å². The van der Waals surface area contributed by atoms with Crippen LogP contribution in [0.1, 0.15) is 17.0 Å². The zero-order chi connectivity index (χ0) is 18.8. The third-order valence-corrected chi connectivity index (χ3v) is 5.12. The molecule has 0 bridgehead atoms. The molecule has 0 aliphatic carbocycles. The van der Waals surface area contributed by atoms with Gasteiger partial charge in [0.15, 0.2) is 5.82 Å². The first-order chi connectivity index (χ1) is 13.1. The smallest absolute Gasteiger partial charge is 0.291 e. The molecule has 0 aliphatic rings. The van der Waals surface area contributed by atoms with Crippen molar-refractivity contribution in [1.29, 1.82) is 0 Å². The summed E-state index contributed by atoms with van der Waals surface area (Å²) in [4.78, 5) is 17.5. The fraction of sp³-hybridized carbons (Fsp3) is 0.0500. The number of thiazole rings is 1.